The predicted octanol–water partition coefficient (Wildman–Crippen LogP) is 3.65. The average molecular weight is 375 g/mol. The van der Waals surface area contributed by atoms with E-state index in [1.54, 1.807) is 0 Å². The number of unbranched alkanes of at least 4 members (excludes halogenated alkanes) is 1. The number of rotatable bonds is 12. The predicted molar refractivity (Wildman–Crippen MR) is 114 cm³/mol. The minimum Gasteiger partial charge on any atom is -0.493 e. The summed E-state index contributed by atoms with van der Waals surface area (Å²) in [4.78, 5) is 7.14. The highest BCUT2D eigenvalue weighted by molar-refractivity contribution is 5.79. The molecule has 0 radical (unpaired) electrons. The van der Waals surface area contributed by atoms with E-state index in [9.17, 15) is 0 Å². The van der Waals surface area contributed by atoms with Gasteiger partial charge in [0, 0.05) is 24.7 Å². The Morgan fingerprint density at radius 3 is 2.70 bits per heavy atom. The Labute approximate surface area is 165 Å². The third-order valence-corrected chi connectivity index (χ3v) is 5.01. The zero-order valence-corrected chi connectivity index (χ0v) is 17.6. The lowest BCUT2D eigenvalue weighted by Gasteiger charge is -2.20. The molecule has 2 N–H and O–H groups in total. The van der Waals surface area contributed by atoms with Gasteiger partial charge in [0.15, 0.2) is 5.96 Å². The Hall–Kier alpha value is -1.75. The second-order valence-electron chi connectivity index (χ2n) is 7.77. The van der Waals surface area contributed by atoms with E-state index >= 15 is 0 Å². The number of para-hydroxylation sites is 1. The van der Waals surface area contributed by atoms with Crippen molar-refractivity contribution >= 4 is 5.96 Å². The largest absolute Gasteiger partial charge is 0.493 e. The first-order chi connectivity index (χ1) is 13.1. The van der Waals surface area contributed by atoms with Gasteiger partial charge in [0.25, 0.3) is 0 Å². The summed E-state index contributed by atoms with van der Waals surface area (Å²) < 4.78 is 5.99. The second kappa shape index (κ2) is 11.9. The molecule has 0 spiro atoms. The summed E-state index contributed by atoms with van der Waals surface area (Å²) >= 11 is 0. The van der Waals surface area contributed by atoms with E-state index in [-0.39, 0.29) is 0 Å². The van der Waals surface area contributed by atoms with Gasteiger partial charge in [-0.05, 0) is 72.0 Å². The fourth-order valence-electron chi connectivity index (χ4n) is 2.72. The average Bonchev–Trinajstić information content (AvgIpc) is 3.48. The van der Waals surface area contributed by atoms with Crippen molar-refractivity contribution in [1.29, 1.82) is 0 Å². The molecule has 0 atom stereocenters. The summed E-state index contributed by atoms with van der Waals surface area (Å²) in [6, 6.07) is 8.86. The first kappa shape index (κ1) is 21.5. The molecule has 0 saturated heterocycles. The van der Waals surface area contributed by atoms with Crippen molar-refractivity contribution in [3.8, 4) is 5.75 Å². The molecule has 1 saturated carbocycles. The van der Waals surface area contributed by atoms with Crippen LogP contribution in [0.2, 0.25) is 0 Å². The van der Waals surface area contributed by atoms with Crippen molar-refractivity contribution in [3.63, 3.8) is 0 Å². The van der Waals surface area contributed by atoms with Crippen LogP contribution in [0.15, 0.2) is 29.3 Å². The molecule has 1 aromatic carbocycles. The summed E-state index contributed by atoms with van der Waals surface area (Å²) in [6.45, 7) is 11.0. The highest BCUT2D eigenvalue weighted by Gasteiger charge is 2.22. The molecule has 0 bridgehead atoms. The van der Waals surface area contributed by atoms with Crippen LogP contribution < -0.4 is 15.4 Å². The van der Waals surface area contributed by atoms with Crippen molar-refractivity contribution in [2.75, 3.05) is 33.3 Å². The fourth-order valence-corrected chi connectivity index (χ4v) is 2.72. The van der Waals surface area contributed by atoms with Gasteiger partial charge in [-0.1, -0.05) is 18.2 Å². The van der Waals surface area contributed by atoms with E-state index in [1.807, 2.05) is 6.07 Å². The van der Waals surface area contributed by atoms with Crippen LogP contribution in [0.25, 0.3) is 0 Å². The Morgan fingerprint density at radius 2 is 2.00 bits per heavy atom. The van der Waals surface area contributed by atoms with Crippen molar-refractivity contribution in [3.05, 3.63) is 29.8 Å². The number of hydrogen-bond acceptors (Lipinski definition) is 3. The van der Waals surface area contributed by atoms with Crippen LogP contribution in [0, 0.1) is 5.92 Å². The first-order valence-corrected chi connectivity index (χ1v) is 10.5. The summed E-state index contributed by atoms with van der Waals surface area (Å²) in [5, 5.41) is 6.79. The first-order valence-electron chi connectivity index (χ1n) is 10.5. The van der Waals surface area contributed by atoms with Gasteiger partial charge in [-0.2, -0.15) is 0 Å². The van der Waals surface area contributed by atoms with Gasteiger partial charge >= 0.3 is 0 Å². The Morgan fingerprint density at radius 1 is 1.22 bits per heavy atom. The molecule has 1 aliphatic carbocycles. The molecular weight excluding hydrogens is 336 g/mol. The number of hydrogen-bond donors (Lipinski definition) is 2. The van der Waals surface area contributed by atoms with E-state index < -0.39 is 0 Å². The van der Waals surface area contributed by atoms with Gasteiger partial charge in [0.1, 0.15) is 5.75 Å². The zero-order valence-electron chi connectivity index (χ0n) is 17.6. The maximum atomic E-state index is 5.99. The topological polar surface area (TPSA) is 48.9 Å². The molecule has 1 aromatic rings. The Balaban J connectivity index is 1.78. The lowest BCUT2D eigenvalue weighted by molar-refractivity contribution is 0.268. The minimum absolute atomic E-state index is 0.610. The van der Waals surface area contributed by atoms with Crippen molar-refractivity contribution in [2.45, 2.75) is 59.0 Å². The molecule has 27 heavy (non-hydrogen) atoms. The Bertz CT molecular complexity index is 569. The number of guanidine groups is 1. The molecule has 0 aliphatic heterocycles. The van der Waals surface area contributed by atoms with Crippen LogP contribution >= 0.6 is 0 Å². The van der Waals surface area contributed by atoms with Crippen molar-refractivity contribution in [1.82, 2.24) is 15.5 Å². The molecular formula is C22H38N4O. The van der Waals surface area contributed by atoms with Gasteiger partial charge in [0.05, 0.1) is 13.2 Å². The molecule has 0 amide bonds. The molecule has 5 heteroatoms. The van der Waals surface area contributed by atoms with Gasteiger partial charge in [-0.25, -0.2) is 4.99 Å². The van der Waals surface area contributed by atoms with Crippen molar-refractivity contribution in [2.24, 2.45) is 10.9 Å². The number of nitrogens with one attached hydrogen (secondary N) is 2. The third-order valence-electron chi connectivity index (χ3n) is 5.01. The normalized spacial score (nSPS) is 14.7. The highest BCUT2D eigenvalue weighted by Crippen LogP contribution is 2.30. The molecule has 0 heterocycles. The van der Waals surface area contributed by atoms with E-state index in [2.05, 4.69) is 61.6 Å². The SMILES string of the molecule is CCNC(=NCc1ccccc1OCC1CC1)NCCCCN(C)C(C)C. The summed E-state index contributed by atoms with van der Waals surface area (Å²) in [5.41, 5.74) is 1.15. The maximum absolute atomic E-state index is 5.99. The summed E-state index contributed by atoms with van der Waals surface area (Å²) in [7, 11) is 2.19. The van der Waals surface area contributed by atoms with E-state index in [1.165, 1.54) is 19.3 Å². The number of nitrogens with zero attached hydrogens (tertiary/aromatic N) is 2. The highest BCUT2D eigenvalue weighted by atomic mass is 16.5. The van der Waals surface area contributed by atoms with Gasteiger partial charge in [-0.3, -0.25) is 0 Å². The monoisotopic (exact) mass is 374 g/mol. The van der Waals surface area contributed by atoms with Crippen LogP contribution in [0.1, 0.15) is 52.0 Å². The van der Waals surface area contributed by atoms with E-state index in [0.29, 0.717) is 12.6 Å². The summed E-state index contributed by atoms with van der Waals surface area (Å²) in [6.07, 6.45) is 4.95. The van der Waals surface area contributed by atoms with Crippen LogP contribution in [-0.2, 0) is 6.54 Å². The smallest absolute Gasteiger partial charge is 0.191 e. The van der Waals surface area contributed by atoms with Crippen LogP contribution in [0.4, 0.5) is 0 Å². The van der Waals surface area contributed by atoms with Gasteiger partial charge < -0.3 is 20.3 Å². The third kappa shape index (κ3) is 8.65. The summed E-state index contributed by atoms with van der Waals surface area (Å²) in [5.74, 6) is 2.61. The maximum Gasteiger partial charge on any atom is 0.191 e. The lowest BCUT2D eigenvalue weighted by atomic mass is 10.2. The van der Waals surface area contributed by atoms with Gasteiger partial charge in [-0.15, -0.1) is 0 Å². The fraction of sp³-hybridized carbons (Fsp3) is 0.682. The number of benzene rings is 1. The standard InChI is InChI=1S/C22H38N4O/c1-5-23-22(24-14-8-9-15-26(4)18(2)3)25-16-20-10-6-7-11-21(20)27-17-19-12-13-19/h6-7,10-11,18-19H,5,8-9,12-17H2,1-4H3,(H2,23,24,25). The van der Waals surface area contributed by atoms with Crippen LogP contribution in [-0.4, -0.2) is 50.2 Å². The minimum atomic E-state index is 0.610. The number of ether oxygens (including phenoxy) is 1. The molecule has 152 valence electrons. The van der Waals surface area contributed by atoms with Gasteiger partial charge in [0.2, 0.25) is 0 Å². The molecule has 0 aromatic heterocycles. The van der Waals surface area contributed by atoms with Crippen LogP contribution in [0.5, 0.6) is 5.75 Å². The van der Waals surface area contributed by atoms with E-state index in [0.717, 1.165) is 55.9 Å². The Kier molecular flexibility index (Phi) is 9.46. The van der Waals surface area contributed by atoms with Crippen LogP contribution in [0.3, 0.4) is 0 Å². The quantitative estimate of drug-likeness (QED) is 0.333. The lowest BCUT2D eigenvalue weighted by Crippen LogP contribution is -2.38. The molecule has 2 rings (SSSR count). The van der Waals surface area contributed by atoms with E-state index in [4.69, 9.17) is 9.73 Å². The van der Waals surface area contributed by atoms with Crippen molar-refractivity contribution < 1.29 is 4.74 Å². The zero-order chi connectivity index (χ0) is 19.5. The molecule has 0 unspecified atom stereocenters. The molecule has 5 nitrogen and oxygen atoms in total. The second-order valence-corrected chi connectivity index (χ2v) is 7.77. The molecule has 1 fully saturated rings. The molecule has 1 aliphatic rings. The number of aliphatic imine (C=N–C) groups is 1.